The minimum Gasteiger partial charge on any atom is -0.388 e. The molecule has 2 aliphatic rings. The summed E-state index contributed by atoms with van der Waals surface area (Å²) < 4.78 is 93.1. The molecule has 2 aromatic carbocycles. The van der Waals surface area contributed by atoms with Gasteiger partial charge in [0, 0.05) is 18.7 Å². The highest BCUT2D eigenvalue weighted by molar-refractivity contribution is 5.89. The first-order valence-corrected chi connectivity index (χ1v) is 12.8. The average molecular weight is 578 g/mol. The Bertz CT molecular complexity index is 1180. The molecule has 0 atom stereocenters. The predicted molar refractivity (Wildman–Crippen MR) is 132 cm³/mol. The molecule has 2 aromatic rings. The number of nitrogens with one attached hydrogen (secondary N) is 2. The second-order valence-electron chi connectivity index (χ2n) is 10.7. The van der Waals surface area contributed by atoms with Crippen LogP contribution in [0.4, 0.5) is 41.2 Å². The third kappa shape index (κ3) is 6.87. The normalized spacial score (nSPS) is 18.4. The van der Waals surface area contributed by atoms with Crippen LogP contribution in [0.3, 0.4) is 0 Å². The van der Waals surface area contributed by atoms with Gasteiger partial charge in [-0.25, -0.2) is 9.18 Å². The van der Waals surface area contributed by atoms with Crippen molar-refractivity contribution in [2.45, 2.75) is 62.2 Å². The van der Waals surface area contributed by atoms with Crippen molar-refractivity contribution >= 4 is 11.7 Å². The van der Waals surface area contributed by atoms with Crippen molar-refractivity contribution < 1.29 is 45.7 Å². The molecule has 1 heterocycles. The number of hydrogen-bond acceptors (Lipinski definition) is 4. The number of aliphatic hydroxyl groups is 2. The molecular weight excluding hydrogens is 547 g/mol. The number of amides is 2. The summed E-state index contributed by atoms with van der Waals surface area (Å²) in [6, 6.07) is 7.56. The lowest BCUT2D eigenvalue weighted by Crippen LogP contribution is -2.53. The maximum absolute atomic E-state index is 14.5. The van der Waals surface area contributed by atoms with Gasteiger partial charge >= 0.3 is 18.4 Å². The standard InChI is InChI=1S/C27H30F7N3O3/c28-21-14-19(3-6-22(21)36-23(38)35-16-24(39)9-10-24)13-17-7-11-37(12-8-17)15-18-1-4-20(5-2-18)25(40,26(29,30)31)27(32,33)34/h1-6,14,17,39-40H,7-13,15-16H2,(H2,35,36,38). The zero-order valence-electron chi connectivity index (χ0n) is 21.4. The molecule has 0 spiro atoms. The third-order valence-corrected chi connectivity index (χ3v) is 7.52. The molecule has 2 amide bonds. The number of urea groups is 1. The molecule has 1 aliphatic heterocycles. The first-order valence-electron chi connectivity index (χ1n) is 12.8. The fourth-order valence-electron chi connectivity index (χ4n) is 4.80. The summed E-state index contributed by atoms with van der Waals surface area (Å²) >= 11 is 0. The molecule has 2 fully saturated rings. The number of hydrogen-bond donors (Lipinski definition) is 4. The number of carbonyl (C=O) groups is 1. The quantitative estimate of drug-likeness (QED) is 0.324. The highest BCUT2D eigenvalue weighted by Crippen LogP contribution is 2.50. The van der Waals surface area contributed by atoms with Crippen LogP contribution in [0, 0.1) is 11.7 Å². The average Bonchev–Trinajstić information content (AvgIpc) is 3.61. The van der Waals surface area contributed by atoms with Crippen LogP contribution in [0.15, 0.2) is 42.5 Å². The fraction of sp³-hybridized carbons (Fsp3) is 0.519. The molecular formula is C27H30F7N3O3. The Morgan fingerprint density at radius 2 is 1.52 bits per heavy atom. The smallest absolute Gasteiger partial charge is 0.388 e. The second-order valence-corrected chi connectivity index (χ2v) is 10.7. The van der Waals surface area contributed by atoms with Crippen LogP contribution in [-0.2, 0) is 18.6 Å². The maximum atomic E-state index is 14.5. The van der Waals surface area contributed by atoms with Crippen LogP contribution in [0.5, 0.6) is 0 Å². The predicted octanol–water partition coefficient (Wildman–Crippen LogP) is 5.24. The topological polar surface area (TPSA) is 84.8 Å². The summed E-state index contributed by atoms with van der Waals surface area (Å²) in [5.41, 5.74) is -5.81. The van der Waals surface area contributed by atoms with Crippen molar-refractivity contribution in [3.8, 4) is 0 Å². The zero-order chi connectivity index (χ0) is 29.3. The van der Waals surface area contributed by atoms with Crippen LogP contribution in [0.2, 0.25) is 0 Å². The molecule has 1 aliphatic carbocycles. The zero-order valence-corrected chi connectivity index (χ0v) is 21.4. The van der Waals surface area contributed by atoms with Gasteiger partial charge < -0.3 is 20.8 Å². The van der Waals surface area contributed by atoms with Crippen LogP contribution >= 0.6 is 0 Å². The van der Waals surface area contributed by atoms with E-state index >= 15 is 0 Å². The number of anilines is 1. The molecule has 40 heavy (non-hydrogen) atoms. The largest absolute Gasteiger partial charge is 0.430 e. The van der Waals surface area contributed by atoms with Gasteiger partial charge in [0.25, 0.3) is 5.60 Å². The van der Waals surface area contributed by atoms with Crippen LogP contribution in [0.25, 0.3) is 0 Å². The van der Waals surface area contributed by atoms with Gasteiger partial charge in [-0.05, 0) is 74.4 Å². The van der Waals surface area contributed by atoms with E-state index in [1.54, 1.807) is 6.07 Å². The van der Waals surface area contributed by atoms with Crippen LogP contribution in [0.1, 0.15) is 42.4 Å². The number of carbonyl (C=O) groups excluding carboxylic acids is 1. The van der Waals surface area contributed by atoms with E-state index in [9.17, 15) is 45.7 Å². The summed E-state index contributed by atoms with van der Waals surface area (Å²) in [5, 5.41) is 24.2. The maximum Gasteiger partial charge on any atom is 0.430 e. The Labute approximate surface area is 226 Å². The number of benzene rings is 2. The second kappa shape index (κ2) is 11.2. The SMILES string of the molecule is O=C(NCC1(O)CC1)Nc1ccc(CC2CCN(Cc3ccc(C(O)(C(F)(F)F)C(F)(F)F)cc3)CC2)cc1F. The first-order chi connectivity index (χ1) is 18.6. The van der Waals surface area contributed by atoms with Crippen molar-refractivity contribution in [1.82, 2.24) is 10.2 Å². The Hall–Kier alpha value is -2.90. The molecule has 0 radical (unpaired) electrons. The Kier molecular flexibility index (Phi) is 8.40. The highest BCUT2D eigenvalue weighted by Gasteiger charge is 2.71. The molecule has 0 unspecified atom stereocenters. The van der Waals surface area contributed by atoms with Crippen molar-refractivity contribution in [2.75, 3.05) is 25.0 Å². The Balaban J connectivity index is 1.26. The molecule has 220 valence electrons. The van der Waals surface area contributed by atoms with E-state index in [1.165, 1.54) is 12.1 Å². The van der Waals surface area contributed by atoms with Crippen molar-refractivity contribution in [3.05, 3.63) is 65.0 Å². The number of nitrogens with zero attached hydrogens (tertiary/aromatic N) is 1. The molecule has 4 rings (SSSR count). The van der Waals surface area contributed by atoms with Gasteiger partial charge in [-0.3, -0.25) is 4.90 Å². The van der Waals surface area contributed by atoms with E-state index in [-0.39, 0.29) is 18.2 Å². The molecule has 1 saturated carbocycles. The summed E-state index contributed by atoms with van der Waals surface area (Å²) in [6.45, 7) is 1.69. The van der Waals surface area contributed by atoms with Gasteiger partial charge in [-0.1, -0.05) is 30.3 Å². The van der Waals surface area contributed by atoms with Gasteiger partial charge in [0.15, 0.2) is 0 Å². The Morgan fingerprint density at radius 3 is 2.05 bits per heavy atom. The molecule has 6 nitrogen and oxygen atoms in total. The van der Waals surface area contributed by atoms with Crippen LogP contribution in [-0.4, -0.2) is 58.7 Å². The lowest BCUT2D eigenvalue weighted by Gasteiger charge is -2.33. The van der Waals surface area contributed by atoms with E-state index < -0.39 is 41.0 Å². The monoisotopic (exact) mass is 577 g/mol. The molecule has 1 saturated heterocycles. The summed E-state index contributed by atoms with van der Waals surface area (Å²) in [6.07, 6.45) is -8.51. The number of alkyl halides is 6. The van der Waals surface area contributed by atoms with Crippen LogP contribution < -0.4 is 10.6 Å². The molecule has 0 aromatic heterocycles. The lowest BCUT2D eigenvalue weighted by molar-refractivity contribution is -0.376. The summed E-state index contributed by atoms with van der Waals surface area (Å²) in [7, 11) is 0. The summed E-state index contributed by atoms with van der Waals surface area (Å²) in [4.78, 5) is 14.0. The van der Waals surface area contributed by atoms with Gasteiger partial charge in [0.1, 0.15) is 5.82 Å². The highest BCUT2D eigenvalue weighted by atomic mass is 19.4. The van der Waals surface area contributed by atoms with E-state index in [2.05, 4.69) is 10.6 Å². The number of rotatable bonds is 8. The minimum absolute atomic E-state index is 0.0220. The van der Waals surface area contributed by atoms with Crippen molar-refractivity contribution in [2.24, 2.45) is 5.92 Å². The molecule has 13 heteroatoms. The van der Waals surface area contributed by atoms with Crippen molar-refractivity contribution in [3.63, 3.8) is 0 Å². The van der Waals surface area contributed by atoms with E-state index in [0.29, 0.717) is 56.6 Å². The first kappa shape index (κ1) is 30.1. The van der Waals surface area contributed by atoms with E-state index in [0.717, 1.165) is 30.5 Å². The lowest BCUT2D eigenvalue weighted by atomic mass is 9.89. The van der Waals surface area contributed by atoms with Gasteiger partial charge in [-0.15, -0.1) is 0 Å². The van der Waals surface area contributed by atoms with E-state index in [1.807, 2.05) is 4.90 Å². The third-order valence-electron chi connectivity index (χ3n) is 7.52. The minimum atomic E-state index is -5.93. The fourth-order valence-corrected chi connectivity index (χ4v) is 4.80. The van der Waals surface area contributed by atoms with Gasteiger partial charge in [0.2, 0.25) is 0 Å². The van der Waals surface area contributed by atoms with Crippen molar-refractivity contribution in [1.29, 1.82) is 0 Å². The Morgan fingerprint density at radius 1 is 0.950 bits per heavy atom. The molecule has 4 N–H and O–H groups in total. The molecule has 0 bridgehead atoms. The summed E-state index contributed by atoms with van der Waals surface area (Å²) in [5.74, 6) is -0.338. The van der Waals surface area contributed by atoms with Gasteiger partial charge in [0.05, 0.1) is 11.3 Å². The number of likely N-dealkylation sites (tertiary alicyclic amines) is 1. The van der Waals surface area contributed by atoms with Gasteiger partial charge in [-0.2, -0.15) is 26.3 Å². The number of halogens is 7. The van der Waals surface area contributed by atoms with E-state index in [4.69, 9.17) is 0 Å². The number of piperidine rings is 1.